The summed E-state index contributed by atoms with van der Waals surface area (Å²) in [6.45, 7) is 1.25. The molecule has 1 saturated heterocycles. The highest BCUT2D eigenvalue weighted by atomic mass is 127. The Balaban J connectivity index is 2.11. The summed E-state index contributed by atoms with van der Waals surface area (Å²) in [5.74, 6) is 0. The highest BCUT2D eigenvalue weighted by Gasteiger charge is 2.24. The predicted octanol–water partition coefficient (Wildman–Crippen LogP) is 2.04. The summed E-state index contributed by atoms with van der Waals surface area (Å²) in [5, 5.41) is 0. The number of nitrogens with zero attached hydrogens (tertiary/aromatic N) is 1. The molecule has 1 heterocycles. The third kappa shape index (κ3) is 2.86. The Bertz CT molecular complexity index is 452. The van der Waals surface area contributed by atoms with Crippen LogP contribution in [0.3, 0.4) is 0 Å². The molecule has 0 radical (unpaired) electrons. The van der Waals surface area contributed by atoms with Gasteiger partial charge < -0.3 is 0 Å². The van der Waals surface area contributed by atoms with E-state index in [0.29, 0.717) is 18.8 Å². The number of halogens is 1. The quantitative estimate of drug-likeness (QED) is 0.847. The van der Waals surface area contributed by atoms with Crippen LogP contribution >= 0.6 is 22.6 Å². The van der Waals surface area contributed by atoms with E-state index in [4.69, 9.17) is 0 Å². The van der Waals surface area contributed by atoms with Gasteiger partial charge in [0.15, 0.2) is 0 Å². The molecule has 16 heavy (non-hydrogen) atoms. The van der Waals surface area contributed by atoms with Gasteiger partial charge in [-0.05, 0) is 59.7 Å². The normalized spacial score (nSPS) is 17.6. The van der Waals surface area contributed by atoms with Crippen LogP contribution in [0.25, 0.3) is 0 Å². The van der Waals surface area contributed by atoms with Crippen LogP contribution in [-0.4, -0.2) is 25.8 Å². The Kier molecular flexibility index (Phi) is 3.70. The Morgan fingerprint density at radius 3 is 2.25 bits per heavy atom. The molecule has 0 saturated carbocycles. The van der Waals surface area contributed by atoms with Gasteiger partial charge in [-0.2, -0.15) is 12.7 Å². The topological polar surface area (TPSA) is 49.4 Å². The van der Waals surface area contributed by atoms with Gasteiger partial charge in [0.05, 0.1) is 0 Å². The zero-order valence-corrected chi connectivity index (χ0v) is 11.7. The molecule has 0 aliphatic carbocycles. The van der Waals surface area contributed by atoms with Gasteiger partial charge in [-0.25, -0.2) is 0 Å². The molecule has 1 aliphatic heterocycles. The van der Waals surface area contributed by atoms with Crippen molar-refractivity contribution in [1.29, 1.82) is 0 Å². The third-order valence-electron chi connectivity index (χ3n) is 2.50. The van der Waals surface area contributed by atoms with Crippen molar-refractivity contribution in [2.24, 2.45) is 0 Å². The zero-order chi connectivity index (χ0) is 11.6. The molecule has 88 valence electrons. The van der Waals surface area contributed by atoms with Crippen molar-refractivity contribution in [3.05, 3.63) is 27.8 Å². The minimum Gasteiger partial charge on any atom is -0.271 e. The maximum absolute atomic E-state index is 11.9. The Morgan fingerprint density at radius 2 is 1.69 bits per heavy atom. The first-order chi connectivity index (χ1) is 7.58. The fourth-order valence-corrected chi connectivity index (χ4v) is 3.32. The fraction of sp³-hybridized carbons (Fsp3) is 0.400. The van der Waals surface area contributed by atoms with E-state index in [1.165, 1.54) is 4.31 Å². The molecule has 1 aromatic rings. The van der Waals surface area contributed by atoms with Crippen molar-refractivity contribution in [2.45, 2.75) is 12.8 Å². The molecular weight excluding hydrogens is 339 g/mol. The van der Waals surface area contributed by atoms with Crippen molar-refractivity contribution < 1.29 is 8.42 Å². The molecule has 1 fully saturated rings. The molecule has 1 N–H and O–H groups in total. The van der Waals surface area contributed by atoms with E-state index < -0.39 is 10.2 Å². The summed E-state index contributed by atoms with van der Waals surface area (Å²) in [6, 6.07) is 7.30. The van der Waals surface area contributed by atoms with E-state index in [9.17, 15) is 8.42 Å². The molecular formula is C10H13IN2O2S. The molecule has 0 atom stereocenters. The second-order valence-electron chi connectivity index (χ2n) is 3.72. The van der Waals surface area contributed by atoms with Gasteiger partial charge in [0.2, 0.25) is 0 Å². The average molecular weight is 352 g/mol. The standard InChI is InChI=1S/C10H13IN2O2S/c11-9-3-5-10(6-4-9)12-16(14,15)13-7-1-2-8-13/h3-6,12H,1-2,7-8H2. The molecule has 1 aromatic carbocycles. The molecule has 0 amide bonds. The molecule has 0 aromatic heterocycles. The van der Waals surface area contributed by atoms with Gasteiger partial charge in [0.25, 0.3) is 0 Å². The highest BCUT2D eigenvalue weighted by molar-refractivity contribution is 14.1. The second kappa shape index (κ2) is 4.89. The summed E-state index contributed by atoms with van der Waals surface area (Å²) in [5.41, 5.74) is 0.618. The lowest BCUT2D eigenvalue weighted by atomic mass is 10.3. The van der Waals surface area contributed by atoms with Crippen LogP contribution in [0.1, 0.15) is 12.8 Å². The van der Waals surface area contributed by atoms with E-state index in [1.807, 2.05) is 12.1 Å². The van der Waals surface area contributed by atoms with Crippen molar-refractivity contribution >= 4 is 38.5 Å². The summed E-state index contributed by atoms with van der Waals surface area (Å²) in [4.78, 5) is 0. The van der Waals surface area contributed by atoms with E-state index >= 15 is 0 Å². The van der Waals surface area contributed by atoms with E-state index in [0.717, 1.165) is 16.4 Å². The van der Waals surface area contributed by atoms with E-state index in [2.05, 4.69) is 27.3 Å². The lowest BCUT2D eigenvalue weighted by Crippen LogP contribution is -2.33. The number of rotatable bonds is 3. The van der Waals surface area contributed by atoms with Crippen LogP contribution in [0.5, 0.6) is 0 Å². The van der Waals surface area contributed by atoms with Crippen molar-refractivity contribution in [3.63, 3.8) is 0 Å². The van der Waals surface area contributed by atoms with Crippen LogP contribution in [0.2, 0.25) is 0 Å². The summed E-state index contributed by atoms with van der Waals surface area (Å²) in [6.07, 6.45) is 1.90. The molecule has 2 rings (SSSR count). The largest absolute Gasteiger partial charge is 0.301 e. The van der Waals surface area contributed by atoms with Gasteiger partial charge >= 0.3 is 10.2 Å². The summed E-state index contributed by atoms with van der Waals surface area (Å²) >= 11 is 2.18. The lowest BCUT2D eigenvalue weighted by Gasteiger charge is -2.16. The first kappa shape index (κ1) is 12.1. The predicted molar refractivity (Wildman–Crippen MR) is 72.5 cm³/mol. The summed E-state index contributed by atoms with van der Waals surface area (Å²) in [7, 11) is -3.35. The number of hydrogen-bond acceptors (Lipinski definition) is 2. The van der Waals surface area contributed by atoms with Gasteiger partial charge in [-0.15, -0.1) is 0 Å². The van der Waals surface area contributed by atoms with Gasteiger partial charge in [0.1, 0.15) is 0 Å². The first-order valence-electron chi connectivity index (χ1n) is 5.11. The third-order valence-corrected chi connectivity index (χ3v) is 4.75. The zero-order valence-electron chi connectivity index (χ0n) is 8.69. The number of benzene rings is 1. The fourth-order valence-electron chi connectivity index (χ4n) is 1.66. The smallest absolute Gasteiger partial charge is 0.271 e. The van der Waals surface area contributed by atoms with Gasteiger partial charge in [-0.1, -0.05) is 0 Å². The van der Waals surface area contributed by atoms with Crippen LogP contribution in [-0.2, 0) is 10.2 Å². The second-order valence-corrected chi connectivity index (χ2v) is 6.64. The SMILES string of the molecule is O=S(=O)(Nc1ccc(I)cc1)N1CCCC1. The van der Waals surface area contributed by atoms with Crippen LogP contribution in [0.15, 0.2) is 24.3 Å². The minimum absolute atomic E-state index is 0.618. The first-order valence-corrected chi connectivity index (χ1v) is 7.63. The van der Waals surface area contributed by atoms with Crippen LogP contribution < -0.4 is 4.72 Å². The van der Waals surface area contributed by atoms with Crippen molar-refractivity contribution in [3.8, 4) is 0 Å². The lowest BCUT2D eigenvalue weighted by molar-refractivity contribution is 0.482. The van der Waals surface area contributed by atoms with E-state index in [1.54, 1.807) is 12.1 Å². The number of nitrogens with one attached hydrogen (secondary N) is 1. The molecule has 4 nitrogen and oxygen atoms in total. The van der Waals surface area contributed by atoms with Crippen molar-refractivity contribution in [2.75, 3.05) is 17.8 Å². The number of anilines is 1. The summed E-state index contributed by atoms with van der Waals surface area (Å²) < 4.78 is 29.0. The highest BCUT2D eigenvalue weighted by Crippen LogP contribution is 2.17. The monoisotopic (exact) mass is 352 g/mol. The molecule has 0 unspecified atom stereocenters. The molecule has 0 spiro atoms. The molecule has 6 heteroatoms. The maximum atomic E-state index is 11.9. The average Bonchev–Trinajstić information content (AvgIpc) is 2.75. The van der Waals surface area contributed by atoms with Gasteiger partial charge in [0, 0.05) is 22.3 Å². The maximum Gasteiger partial charge on any atom is 0.301 e. The van der Waals surface area contributed by atoms with Gasteiger partial charge in [-0.3, -0.25) is 4.72 Å². The Hall–Kier alpha value is -0.340. The molecule has 0 bridgehead atoms. The van der Waals surface area contributed by atoms with E-state index in [-0.39, 0.29) is 0 Å². The van der Waals surface area contributed by atoms with Crippen molar-refractivity contribution in [1.82, 2.24) is 4.31 Å². The van der Waals surface area contributed by atoms with Crippen LogP contribution in [0, 0.1) is 3.57 Å². The molecule has 1 aliphatic rings. The Labute approximate surface area is 109 Å². The number of hydrogen-bond donors (Lipinski definition) is 1. The Morgan fingerprint density at radius 1 is 1.12 bits per heavy atom. The minimum atomic E-state index is -3.35. The van der Waals surface area contributed by atoms with Crippen LogP contribution in [0.4, 0.5) is 5.69 Å².